The van der Waals surface area contributed by atoms with E-state index in [2.05, 4.69) is 0 Å². The topological polar surface area (TPSA) is 20.2 Å². The summed E-state index contributed by atoms with van der Waals surface area (Å²) in [4.78, 5) is 0. The van der Waals surface area contributed by atoms with Crippen LogP contribution in [0.4, 0.5) is 4.39 Å². The molecule has 0 atom stereocenters. The van der Waals surface area contributed by atoms with Crippen molar-refractivity contribution < 1.29 is 9.50 Å². The molecule has 1 aliphatic rings. The van der Waals surface area contributed by atoms with Crippen LogP contribution in [-0.4, -0.2) is 11.2 Å². The molecule has 3 heteroatoms. The van der Waals surface area contributed by atoms with Crippen molar-refractivity contribution in [3.63, 3.8) is 0 Å². The predicted octanol–water partition coefficient (Wildman–Crippen LogP) is 3.57. The summed E-state index contributed by atoms with van der Waals surface area (Å²) < 4.78 is 13.0. The fourth-order valence-electron chi connectivity index (χ4n) is 2.35. The van der Waals surface area contributed by atoms with Crippen LogP contribution in [0.15, 0.2) is 18.2 Å². The van der Waals surface area contributed by atoms with Gasteiger partial charge in [0.05, 0.1) is 11.1 Å². The van der Waals surface area contributed by atoms with E-state index in [0.717, 1.165) is 37.7 Å². The van der Waals surface area contributed by atoms with Crippen molar-refractivity contribution >= 4 is 11.6 Å². The van der Waals surface area contributed by atoms with Gasteiger partial charge in [0, 0.05) is 0 Å². The molecule has 0 aromatic heterocycles. The molecule has 0 unspecified atom stereocenters. The van der Waals surface area contributed by atoms with Gasteiger partial charge in [0.2, 0.25) is 0 Å². The van der Waals surface area contributed by atoms with Crippen LogP contribution < -0.4 is 0 Å². The Bertz CT molecular complexity index is 359. The van der Waals surface area contributed by atoms with Crippen LogP contribution in [0.25, 0.3) is 0 Å². The molecule has 1 aromatic carbocycles. The second-order valence-electron chi connectivity index (χ2n) is 4.63. The Hall–Kier alpha value is -0.600. The number of hydrogen-bond donors (Lipinski definition) is 1. The molecule has 88 valence electrons. The van der Waals surface area contributed by atoms with E-state index in [4.69, 9.17) is 11.6 Å². The molecule has 1 nitrogen and oxygen atoms in total. The lowest BCUT2D eigenvalue weighted by Gasteiger charge is -2.25. The lowest BCUT2D eigenvalue weighted by molar-refractivity contribution is 0.109. The Balaban J connectivity index is 1.96. The largest absolute Gasteiger partial charge is 0.393 e. The van der Waals surface area contributed by atoms with Crippen LogP contribution in [0.5, 0.6) is 0 Å². The molecule has 1 saturated carbocycles. The minimum Gasteiger partial charge on any atom is -0.393 e. The number of benzene rings is 1. The van der Waals surface area contributed by atoms with Gasteiger partial charge in [-0.05, 0) is 55.7 Å². The average molecular weight is 243 g/mol. The first-order chi connectivity index (χ1) is 7.65. The molecule has 1 N–H and O–H groups in total. The minimum absolute atomic E-state index is 0.118. The van der Waals surface area contributed by atoms with E-state index in [1.54, 1.807) is 12.1 Å². The van der Waals surface area contributed by atoms with E-state index in [0.29, 0.717) is 5.92 Å². The number of rotatable bonds is 2. The third kappa shape index (κ3) is 2.96. The summed E-state index contributed by atoms with van der Waals surface area (Å²) in [6.45, 7) is 0. The number of hydrogen-bond acceptors (Lipinski definition) is 1. The van der Waals surface area contributed by atoms with Crippen molar-refractivity contribution in [2.75, 3.05) is 0 Å². The number of aliphatic hydroxyl groups is 1. The molecule has 0 bridgehead atoms. The minimum atomic E-state index is -0.357. The number of aliphatic hydroxyl groups excluding tert-OH is 1. The average Bonchev–Trinajstić information content (AvgIpc) is 2.27. The van der Waals surface area contributed by atoms with Crippen molar-refractivity contribution in [1.29, 1.82) is 0 Å². The van der Waals surface area contributed by atoms with Crippen molar-refractivity contribution in [3.8, 4) is 0 Å². The molecule has 0 amide bonds. The van der Waals surface area contributed by atoms with Crippen LogP contribution in [0.2, 0.25) is 5.02 Å². The second kappa shape index (κ2) is 5.15. The summed E-state index contributed by atoms with van der Waals surface area (Å²) in [5.74, 6) is 0.245. The lowest BCUT2D eigenvalue weighted by atomic mass is 9.83. The normalized spacial score (nSPS) is 25.7. The van der Waals surface area contributed by atoms with E-state index in [1.165, 1.54) is 6.07 Å². The molecular formula is C13H16ClFO. The van der Waals surface area contributed by atoms with Gasteiger partial charge in [-0.3, -0.25) is 0 Å². The Morgan fingerprint density at radius 3 is 2.56 bits per heavy atom. The van der Waals surface area contributed by atoms with Gasteiger partial charge in [-0.2, -0.15) is 0 Å². The van der Waals surface area contributed by atoms with E-state index in [1.807, 2.05) is 0 Å². The van der Waals surface area contributed by atoms with E-state index in [-0.39, 0.29) is 16.9 Å². The van der Waals surface area contributed by atoms with Crippen LogP contribution >= 0.6 is 11.6 Å². The molecule has 0 heterocycles. The highest BCUT2D eigenvalue weighted by Crippen LogP contribution is 2.28. The molecule has 1 fully saturated rings. The predicted molar refractivity (Wildman–Crippen MR) is 63.1 cm³/mol. The molecule has 1 aromatic rings. The standard InChI is InChI=1S/C13H16ClFO/c14-12-8-10(3-6-13(12)15)7-9-1-4-11(16)5-2-9/h3,6,8-9,11,16H,1-2,4-5,7H2. The van der Waals surface area contributed by atoms with Gasteiger partial charge in [0.1, 0.15) is 5.82 Å². The highest BCUT2D eigenvalue weighted by Gasteiger charge is 2.19. The zero-order valence-electron chi connectivity index (χ0n) is 9.13. The first-order valence-electron chi connectivity index (χ1n) is 5.77. The maximum Gasteiger partial charge on any atom is 0.141 e. The smallest absolute Gasteiger partial charge is 0.141 e. The first-order valence-corrected chi connectivity index (χ1v) is 6.15. The summed E-state index contributed by atoms with van der Waals surface area (Å²) >= 11 is 5.74. The summed E-state index contributed by atoms with van der Waals surface area (Å²) in [6.07, 6.45) is 4.70. The maximum absolute atomic E-state index is 13.0. The van der Waals surface area contributed by atoms with Crippen LogP contribution in [0, 0.1) is 11.7 Å². The molecular weight excluding hydrogens is 227 g/mol. The summed E-state index contributed by atoms with van der Waals surface area (Å²) in [6, 6.07) is 4.93. The maximum atomic E-state index is 13.0. The Labute approximate surface area is 100 Å². The van der Waals surface area contributed by atoms with Gasteiger partial charge in [0.15, 0.2) is 0 Å². The Kier molecular flexibility index (Phi) is 3.82. The second-order valence-corrected chi connectivity index (χ2v) is 5.03. The molecule has 0 aliphatic heterocycles. The SMILES string of the molecule is OC1CCC(Cc2ccc(F)c(Cl)c2)CC1. The molecule has 0 radical (unpaired) electrons. The van der Waals surface area contributed by atoms with Gasteiger partial charge in [-0.15, -0.1) is 0 Å². The molecule has 0 saturated heterocycles. The summed E-state index contributed by atoms with van der Waals surface area (Å²) in [5, 5.41) is 9.61. The van der Waals surface area contributed by atoms with Gasteiger partial charge >= 0.3 is 0 Å². The van der Waals surface area contributed by atoms with Crippen LogP contribution in [0.1, 0.15) is 31.2 Å². The molecule has 1 aliphatic carbocycles. The van der Waals surface area contributed by atoms with E-state index in [9.17, 15) is 9.50 Å². The quantitative estimate of drug-likeness (QED) is 0.841. The molecule has 2 rings (SSSR count). The van der Waals surface area contributed by atoms with Gasteiger partial charge in [-0.1, -0.05) is 17.7 Å². The van der Waals surface area contributed by atoms with Gasteiger partial charge in [-0.25, -0.2) is 4.39 Å². The van der Waals surface area contributed by atoms with Crippen molar-refractivity contribution in [2.45, 2.75) is 38.2 Å². The highest BCUT2D eigenvalue weighted by atomic mass is 35.5. The lowest BCUT2D eigenvalue weighted by Crippen LogP contribution is -2.19. The molecule has 16 heavy (non-hydrogen) atoms. The zero-order chi connectivity index (χ0) is 11.5. The van der Waals surface area contributed by atoms with E-state index >= 15 is 0 Å². The highest BCUT2D eigenvalue weighted by molar-refractivity contribution is 6.30. The van der Waals surface area contributed by atoms with Crippen molar-refractivity contribution in [1.82, 2.24) is 0 Å². The zero-order valence-corrected chi connectivity index (χ0v) is 9.88. The fraction of sp³-hybridized carbons (Fsp3) is 0.538. The van der Waals surface area contributed by atoms with E-state index < -0.39 is 0 Å². The van der Waals surface area contributed by atoms with Crippen molar-refractivity contribution in [2.24, 2.45) is 5.92 Å². The Morgan fingerprint density at radius 1 is 1.25 bits per heavy atom. The third-order valence-corrected chi connectivity index (χ3v) is 3.61. The molecule has 0 spiro atoms. The fourth-order valence-corrected chi connectivity index (χ4v) is 2.55. The first kappa shape index (κ1) is 11.9. The Morgan fingerprint density at radius 2 is 1.94 bits per heavy atom. The van der Waals surface area contributed by atoms with Crippen molar-refractivity contribution in [3.05, 3.63) is 34.6 Å². The van der Waals surface area contributed by atoms with Crippen LogP contribution in [0.3, 0.4) is 0 Å². The van der Waals surface area contributed by atoms with Crippen LogP contribution in [-0.2, 0) is 6.42 Å². The third-order valence-electron chi connectivity index (χ3n) is 3.32. The summed E-state index contributed by atoms with van der Waals surface area (Å²) in [5.41, 5.74) is 1.09. The summed E-state index contributed by atoms with van der Waals surface area (Å²) in [7, 11) is 0. The van der Waals surface area contributed by atoms with Gasteiger partial charge < -0.3 is 5.11 Å². The number of halogens is 2. The van der Waals surface area contributed by atoms with Gasteiger partial charge in [0.25, 0.3) is 0 Å². The monoisotopic (exact) mass is 242 g/mol.